The van der Waals surface area contributed by atoms with Crippen molar-refractivity contribution in [1.29, 1.82) is 0 Å². The van der Waals surface area contributed by atoms with Crippen molar-refractivity contribution in [2.45, 2.75) is 59.1 Å². The summed E-state index contributed by atoms with van der Waals surface area (Å²) in [5.74, 6) is 1.06. The van der Waals surface area contributed by atoms with E-state index in [0.717, 1.165) is 11.3 Å². The van der Waals surface area contributed by atoms with Crippen LogP contribution in [0.2, 0.25) is 5.02 Å². The number of nitrogens with zero attached hydrogens (tertiary/aromatic N) is 3. The molecule has 0 aliphatic carbocycles. The second kappa shape index (κ2) is 10.1. The molecule has 1 fully saturated rings. The summed E-state index contributed by atoms with van der Waals surface area (Å²) >= 11 is 10.1. The Balaban J connectivity index is 1.69. The van der Waals surface area contributed by atoms with Crippen molar-refractivity contribution in [2.24, 2.45) is 0 Å². The van der Waals surface area contributed by atoms with Gasteiger partial charge >= 0.3 is 6.09 Å². The number of carbonyl (C=O) groups is 2. The van der Waals surface area contributed by atoms with Gasteiger partial charge in [0.2, 0.25) is 0 Å². The van der Waals surface area contributed by atoms with E-state index in [0.29, 0.717) is 40.6 Å². The quantitative estimate of drug-likeness (QED) is 0.432. The molecule has 0 unspecified atom stereocenters. The molecule has 4 rings (SSSR count). The Morgan fingerprint density at radius 3 is 2.69 bits per heavy atom. The monoisotopic (exact) mass is 579 g/mol. The lowest BCUT2D eigenvalue weighted by atomic mass is 10.1. The number of aryl methyl sites for hydroxylation is 1. The van der Waals surface area contributed by atoms with E-state index >= 15 is 0 Å². The molecular formula is C26H31BrClN3O5. The Bertz CT molecular complexity index is 1200. The van der Waals surface area contributed by atoms with E-state index in [2.05, 4.69) is 20.9 Å². The van der Waals surface area contributed by atoms with Crippen LogP contribution in [0.1, 0.15) is 62.2 Å². The zero-order valence-electron chi connectivity index (χ0n) is 21.4. The fourth-order valence-corrected chi connectivity index (χ4v) is 4.89. The Labute approximate surface area is 225 Å². The summed E-state index contributed by atoms with van der Waals surface area (Å²) < 4.78 is 18.6. The van der Waals surface area contributed by atoms with Crippen LogP contribution in [0, 0.1) is 6.92 Å². The number of aromatic nitrogens is 1. The lowest BCUT2D eigenvalue weighted by Crippen LogP contribution is -2.58. The van der Waals surface area contributed by atoms with Crippen LogP contribution in [0.3, 0.4) is 0 Å². The number of hydrogen-bond acceptors (Lipinski definition) is 6. The molecule has 194 valence electrons. The maximum Gasteiger partial charge on any atom is 0.410 e. The number of ether oxygens (including phenoxy) is 3. The molecule has 0 bridgehead atoms. The number of benzene rings is 1. The number of fused-ring (bicyclic) bond motifs is 2. The third kappa shape index (κ3) is 5.27. The summed E-state index contributed by atoms with van der Waals surface area (Å²) in [5.41, 5.74) is 1.35. The van der Waals surface area contributed by atoms with Crippen LogP contribution in [0.5, 0.6) is 17.2 Å². The smallest absolute Gasteiger partial charge is 0.410 e. The van der Waals surface area contributed by atoms with Gasteiger partial charge in [0.25, 0.3) is 5.91 Å². The summed E-state index contributed by atoms with van der Waals surface area (Å²) in [5, 5.41) is 0.293. The molecule has 1 aromatic carbocycles. The van der Waals surface area contributed by atoms with Crippen molar-refractivity contribution >= 4 is 39.5 Å². The second-order valence-electron chi connectivity index (χ2n) is 10.4. The minimum absolute atomic E-state index is 0.117. The lowest BCUT2D eigenvalue weighted by molar-refractivity contribution is 0.000921. The average molecular weight is 581 g/mol. The van der Waals surface area contributed by atoms with Gasteiger partial charge in [0, 0.05) is 30.3 Å². The molecule has 2 aromatic rings. The molecule has 3 heterocycles. The van der Waals surface area contributed by atoms with E-state index in [1.165, 1.54) is 0 Å². The largest absolute Gasteiger partial charge is 0.489 e. The van der Waals surface area contributed by atoms with Gasteiger partial charge in [-0.1, -0.05) is 25.4 Å². The fourth-order valence-electron chi connectivity index (χ4n) is 4.30. The molecule has 1 saturated heterocycles. The molecule has 1 aromatic heterocycles. The molecular weight excluding hydrogens is 550 g/mol. The van der Waals surface area contributed by atoms with Crippen LogP contribution in [0.15, 0.2) is 22.8 Å². The molecule has 0 spiro atoms. The van der Waals surface area contributed by atoms with Crippen molar-refractivity contribution in [1.82, 2.24) is 14.8 Å². The van der Waals surface area contributed by atoms with Crippen LogP contribution >= 0.6 is 27.5 Å². The molecule has 1 atom stereocenters. The summed E-state index contributed by atoms with van der Waals surface area (Å²) in [6, 6.07) is 3.20. The highest BCUT2D eigenvalue weighted by atomic mass is 79.9. The molecule has 2 aliphatic rings. The first-order valence-electron chi connectivity index (χ1n) is 11.9. The Morgan fingerprint density at radius 2 is 2.03 bits per heavy atom. The Morgan fingerprint density at radius 1 is 1.31 bits per heavy atom. The minimum Gasteiger partial charge on any atom is -0.489 e. The number of pyridine rings is 1. The highest BCUT2D eigenvalue weighted by Gasteiger charge is 2.40. The SMILES string of the molecule is Cc1ccnc(C(C)C)c1Oc1cc(Br)c(Cl)c2c1C(=O)N1CCN(C(=O)OC(C)(C)C)C[C@H]1CO2. The topological polar surface area (TPSA) is 81.2 Å². The van der Waals surface area contributed by atoms with Crippen molar-refractivity contribution in [3.05, 3.63) is 44.6 Å². The van der Waals surface area contributed by atoms with E-state index < -0.39 is 11.7 Å². The first kappa shape index (κ1) is 26.5. The second-order valence-corrected chi connectivity index (χ2v) is 11.6. The highest BCUT2D eigenvalue weighted by Crippen LogP contribution is 2.46. The molecule has 2 aliphatic heterocycles. The van der Waals surface area contributed by atoms with E-state index in [1.807, 2.05) is 47.6 Å². The predicted octanol–water partition coefficient (Wildman–Crippen LogP) is 6.18. The normalized spacial score (nSPS) is 17.8. The minimum atomic E-state index is -0.606. The van der Waals surface area contributed by atoms with E-state index in [9.17, 15) is 9.59 Å². The molecule has 10 heteroatoms. The summed E-state index contributed by atoms with van der Waals surface area (Å²) in [4.78, 5) is 34.4. The van der Waals surface area contributed by atoms with Gasteiger partial charge in [-0.2, -0.15) is 0 Å². The maximum atomic E-state index is 13.9. The van der Waals surface area contributed by atoms with Crippen LogP contribution < -0.4 is 9.47 Å². The number of hydrogen-bond donors (Lipinski definition) is 0. The van der Waals surface area contributed by atoms with Gasteiger partial charge in [-0.15, -0.1) is 0 Å². The number of halogens is 2. The van der Waals surface area contributed by atoms with Crippen LogP contribution in [-0.2, 0) is 4.74 Å². The molecule has 0 radical (unpaired) electrons. The van der Waals surface area contributed by atoms with Gasteiger partial charge in [-0.05, 0) is 67.2 Å². The van der Waals surface area contributed by atoms with Gasteiger partial charge in [0.05, 0.1) is 16.8 Å². The van der Waals surface area contributed by atoms with Crippen molar-refractivity contribution in [3.63, 3.8) is 0 Å². The highest BCUT2D eigenvalue weighted by molar-refractivity contribution is 9.10. The third-order valence-corrected chi connectivity index (χ3v) is 7.29. The van der Waals surface area contributed by atoms with Crippen molar-refractivity contribution in [2.75, 3.05) is 26.2 Å². The molecule has 36 heavy (non-hydrogen) atoms. The number of amides is 2. The zero-order valence-corrected chi connectivity index (χ0v) is 23.7. The van der Waals surface area contributed by atoms with Crippen LogP contribution in [0.4, 0.5) is 4.79 Å². The number of rotatable bonds is 3. The maximum absolute atomic E-state index is 13.9. The summed E-state index contributed by atoms with van der Waals surface area (Å²) in [7, 11) is 0. The third-order valence-electron chi connectivity index (χ3n) is 6.06. The van der Waals surface area contributed by atoms with Gasteiger partial charge in [0.1, 0.15) is 23.5 Å². The van der Waals surface area contributed by atoms with Crippen molar-refractivity contribution < 1.29 is 23.8 Å². The van der Waals surface area contributed by atoms with Crippen LogP contribution in [-0.4, -0.2) is 64.7 Å². The number of piperazine rings is 1. The molecule has 0 N–H and O–H groups in total. The Kier molecular flexibility index (Phi) is 7.44. The average Bonchev–Trinajstić information content (AvgIpc) is 2.93. The standard InChI is InChI=1S/C26H31BrClN3O5/c1-14(2)21-22(15(3)7-8-29-21)35-18-11-17(27)20(28)23-19(18)24(32)31-10-9-30(12-16(31)13-34-23)25(33)36-26(4,5)6/h7-8,11,14,16H,9-10,12-13H2,1-6H3/t16-/m0/s1. The van der Waals surface area contributed by atoms with E-state index in [1.54, 1.807) is 22.1 Å². The van der Waals surface area contributed by atoms with E-state index in [4.69, 9.17) is 25.8 Å². The van der Waals surface area contributed by atoms with Gasteiger partial charge in [-0.25, -0.2) is 4.79 Å². The van der Waals surface area contributed by atoms with Crippen LogP contribution in [0.25, 0.3) is 0 Å². The fraction of sp³-hybridized carbons (Fsp3) is 0.500. The molecule has 2 amide bonds. The van der Waals surface area contributed by atoms with Gasteiger partial charge in [-0.3, -0.25) is 9.78 Å². The number of carbonyl (C=O) groups excluding carboxylic acids is 2. The first-order valence-corrected chi connectivity index (χ1v) is 13.1. The van der Waals surface area contributed by atoms with Gasteiger partial charge < -0.3 is 24.0 Å². The predicted molar refractivity (Wildman–Crippen MR) is 140 cm³/mol. The molecule has 0 saturated carbocycles. The summed E-state index contributed by atoms with van der Waals surface area (Å²) in [6.07, 6.45) is 1.34. The first-order chi connectivity index (χ1) is 16.9. The zero-order chi connectivity index (χ0) is 26.4. The van der Waals surface area contributed by atoms with Crippen molar-refractivity contribution in [3.8, 4) is 17.2 Å². The molecule has 8 nitrogen and oxygen atoms in total. The van der Waals surface area contributed by atoms with Gasteiger partial charge in [0.15, 0.2) is 11.5 Å². The summed E-state index contributed by atoms with van der Waals surface area (Å²) in [6.45, 7) is 12.7. The Hall–Kier alpha value is -2.52. The van der Waals surface area contributed by atoms with E-state index in [-0.39, 0.29) is 35.8 Å². The lowest BCUT2D eigenvalue weighted by Gasteiger charge is -2.40.